The summed E-state index contributed by atoms with van der Waals surface area (Å²) < 4.78 is 2.46. The van der Waals surface area contributed by atoms with Crippen LogP contribution >= 0.6 is 0 Å². The highest BCUT2D eigenvalue weighted by Crippen LogP contribution is 2.44. The van der Waals surface area contributed by atoms with Gasteiger partial charge in [-0.25, -0.2) is 0 Å². The zero-order valence-electron chi connectivity index (χ0n) is 17.1. The van der Waals surface area contributed by atoms with Crippen molar-refractivity contribution in [3.63, 3.8) is 0 Å². The van der Waals surface area contributed by atoms with Gasteiger partial charge in [0.25, 0.3) is 0 Å². The summed E-state index contributed by atoms with van der Waals surface area (Å²) in [6, 6.07) is 26.9. The molecule has 28 heavy (non-hydrogen) atoms. The Hall–Kier alpha value is -2.93. The van der Waals surface area contributed by atoms with Crippen LogP contribution in [0.4, 0.5) is 5.69 Å². The molecule has 0 N–H and O–H groups in total. The molecule has 0 unspecified atom stereocenters. The molecule has 1 aliphatic heterocycles. The first-order valence-electron chi connectivity index (χ1n) is 10.2. The van der Waals surface area contributed by atoms with Gasteiger partial charge in [0.05, 0.1) is 5.41 Å². The highest BCUT2D eigenvalue weighted by Gasteiger charge is 2.42. The second kappa shape index (κ2) is 6.04. The molecule has 0 amide bonds. The Bertz CT molecular complexity index is 1220. The average molecular weight is 365 g/mol. The van der Waals surface area contributed by atoms with E-state index in [1.807, 2.05) is 0 Å². The Morgan fingerprint density at radius 2 is 1.39 bits per heavy atom. The van der Waals surface area contributed by atoms with Gasteiger partial charge >= 0.3 is 0 Å². The molecule has 1 aliphatic rings. The molecule has 0 aliphatic carbocycles. The van der Waals surface area contributed by atoms with Crippen molar-refractivity contribution in [3.8, 4) is 11.1 Å². The molecule has 0 saturated heterocycles. The van der Waals surface area contributed by atoms with E-state index in [2.05, 4.69) is 105 Å². The van der Waals surface area contributed by atoms with E-state index in [0.717, 1.165) is 6.54 Å². The van der Waals surface area contributed by atoms with E-state index in [1.54, 1.807) is 0 Å². The molecule has 4 aromatic carbocycles. The largest absolute Gasteiger partial charge is 0.209 e. The molecule has 0 saturated carbocycles. The fourth-order valence-corrected chi connectivity index (χ4v) is 4.87. The second-order valence-corrected chi connectivity index (χ2v) is 8.38. The van der Waals surface area contributed by atoms with Gasteiger partial charge in [0.15, 0.2) is 5.71 Å². The number of hydrogen-bond acceptors (Lipinski definition) is 0. The number of fused-ring (bicyclic) bond motifs is 3. The van der Waals surface area contributed by atoms with E-state index in [1.165, 1.54) is 49.6 Å². The van der Waals surface area contributed by atoms with Crippen molar-refractivity contribution < 1.29 is 4.58 Å². The summed E-state index contributed by atoms with van der Waals surface area (Å²) >= 11 is 0. The Morgan fingerprint density at radius 1 is 0.786 bits per heavy atom. The summed E-state index contributed by atoms with van der Waals surface area (Å²) in [5.41, 5.74) is 6.94. The number of nitrogens with zero attached hydrogens (tertiary/aromatic N) is 1. The van der Waals surface area contributed by atoms with E-state index in [9.17, 15) is 0 Å². The van der Waals surface area contributed by atoms with Gasteiger partial charge in [0.1, 0.15) is 6.54 Å². The number of rotatable bonds is 2. The third kappa shape index (κ3) is 2.29. The highest BCUT2D eigenvalue weighted by atomic mass is 15.0. The Labute approximate surface area is 167 Å². The average Bonchev–Trinajstić information content (AvgIpc) is 2.91. The van der Waals surface area contributed by atoms with Gasteiger partial charge in [0.2, 0.25) is 5.69 Å². The minimum atomic E-state index is 0.0573. The van der Waals surface area contributed by atoms with Crippen LogP contribution in [0.5, 0.6) is 0 Å². The molecule has 0 spiro atoms. The molecule has 1 heterocycles. The van der Waals surface area contributed by atoms with Gasteiger partial charge in [-0.2, -0.15) is 4.58 Å². The van der Waals surface area contributed by atoms with Crippen molar-refractivity contribution >= 4 is 32.9 Å². The molecule has 1 heteroatoms. The molecule has 0 fully saturated rings. The lowest BCUT2D eigenvalue weighted by Crippen LogP contribution is -2.26. The lowest BCUT2D eigenvalue weighted by molar-refractivity contribution is -0.434. The third-order valence-electron chi connectivity index (χ3n) is 6.65. The summed E-state index contributed by atoms with van der Waals surface area (Å²) in [6.45, 7) is 10.2. The standard InChI is InChI=1S/C27H26N/c1-5-28-18(2)27(3,4)24-17-21(14-15-25(24)28)26-22-12-8-6-10-19(22)16-20-11-7-9-13-23(20)26/h6-17H,5H2,1-4H3/q+1. The van der Waals surface area contributed by atoms with Crippen molar-refractivity contribution in [2.45, 2.75) is 33.1 Å². The van der Waals surface area contributed by atoms with Crippen molar-refractivity contribution in [1.82, 2.24) is 0 Å². The van der Waals surface area contributed by atoms with Gasteiger partial charge in [-0.1, -0.05) is 48.5 Å². The zero-order chi connectivity index (χ0) is 19.5. The predicted molar refractivity (Wildman–Crippen MR) is 121 cm³/mol. The van der Waals surface area contributed by atoms with Crippen LogP contribution in [0.3, 0.4) is 0 Å². The Morgan fingerprint density at radius 3 is 2.00 bits per heavy atom. The molecular formula is C27H26N+. The first-order chi connectivity index (χ1) is 13.5. The quantitative estimate of drug-likeness (QED) is 0.264. The molecule has 0 atom stereocenters. The van der Waals surface area contributed by atoms with E-state index in [0.29, 0.717) is 0 Å². The van der Waals surface area contributed by atoms with Gasteiger partial charge in [-0.3, -0.25) is 0 Å². The molecule has 0 bridgehead atoms. The van der Waals surface area contributed by atoms with Crippen LogP contribution in [0, 0.1) is 0 Å². The monoisotopic (exact) mass is 364 g/mol. The van der Waals surface area contributed by atoms with Crippen molar-refractivity contribution in [1.29, 1.82) is 0 Å². The first-order valence-corrected chi connectivity index (χ1v) is 10.2. The maximum atomic E-state index is 2.46. The van der Waals surface area contributed by atoms with Crippen LogP contribution in [-0.2, 0) is 5.41 Å². The van der Waals surface area contributed by atoms with Crippen LogP contribution in [0.25, 0.3) is 32.7 Å². The molecule has 4 aromatic rings. The first kappa shape index (κ1) is 17.2. The summed E-state index contributed by atoms with van der Waals surface area (Å²) in [5, 5.41) is 5.25. The van der Waals surface area contributed by atoms with Crippen LogP contribution in [0.1, 0.15) is 33.3 Å². The Balaban J connectivity index is 1.85. The topological polar surface area (TPSA) is 3.01 Å². The van der Waals surface area contributed by atoms with E-state index < -0.39 is 0 Å². The number of benzene rings is 4. The minimum absolute atomic E-state index is 0.0573. The maximum absolute atomic E-state index is 2.46. The van der Waals surface area contributed by atoms with Gasteiger partial charge in [0, 0.05) is 18.6 Å². The predicted octanol–water partition coefficient (Wildman–Crippen LogP) is 7.08. The van der Waals surface area contributed by atoms with E-state index in [4.69, 9.17) is 0 Å². The summed E-state index contributed by atoms with van der Waals surface area (Å²) in [4.78, 5) is 0. The van der Waals surface area contributed by atoms with Gasteiger partial charge in [-0.05, 0) is 71.6 Å². The van der Waals surface area contributed by atoms with Gasteiger partial charge < -0.3 is 0 Å². The lowest BCUT2D eigenvalue weighted by atomic mass is 9.80. The number of hydrogen-bond donors (Lipinski definition) is 0. The smallest absolute Gasteiger partial charge is 0.199 e. The van der Waals surface area contributed by atoms with Gasteiger partial charge in [-0.15, -0.1) is 0 Å². The summed E-state index contributed by atoms with van der Waals surface area (Å²) in [7, 11) is 0. The maximum Gasteiger partial charge on any atom is 0.209 e. The third-order valence-corrected chi connectivity index (χ3v) is 6.65. The van der Waals surface area contributed by atoms with Crippen LogP contribution in [0.2, 0.25) is 0 Å². The van der Waals surface area contributed by atoms with Crippen LogP contribution < -0.4 is 0 Å². The summed E-state index contributed by atoms with van der Waals surface area (Å²) in [5.74, 6) is 0. The van der Waals surface area contributed by atoms with Crippen molar-refractivity contribution in [2.24, 2.45) is 0 Å². The molecular weight excluding hydrogens is 338 g/mol. The van der Waals surface area contributed by atoms with Crippen LogP contribution in [-0.4, -0.2) is 16.8 Å². The normalized spacial score (nSPS) is 15.4. The van der Waals surface area contributed by atoms with Crippen molar-refractivity contribution in [2.75, 3.05) is 6.54 Å². The highest BCUT2D eigenvalue weighted by molar-refractivity contribution is 6.13. The second-order valence-electron chi connectivity index (χ2n) is 8.38. The zero-order valence-corrected chi connectivity index (χ0v) is 17.1. The fourth-order valence-electron chi connectivity index (χ4n) is 4.87. The SMILES string of the molecule is CC[N+]1=C(C)C(C)(C)c2cc(-c3c4ccccc4cc4ccccc34)ccc21. The summed E-state index contributed by atoms with van der Waals surface area (Å²) in [6.07, 6.45) is 0. The molecule has 5 rings (SSSR count). The molecule has 1 nitrogen and oxygen atoms in total. The fraction of sp³-hybridized carbons (Fsp3) is 0.222. The van der Waals surface area contributed by atoms with Crippen LogP contribution in [0.15, 0.2) is 72.8 Å². The molecule has 138 valence electrons. The van der Waals surface area contributed by atoms with E-state index in [-0.39, 0.29) is 5.41 Å². The molecule has 0 radical (unpaired) electrons. The molecule has 0 aromatic heterocycles. The minimum Gasteiger partial charge on any atom is -0.199 e. The van der Waals surface area contributed by atoms with E-state index >= 15 is 0 Å². The lowest BCUT2D eigenvalue weighted by Gasteiger charge is -2.17. The van der Waals surface area contributed by atoms with Crippen molar-refractivity contribution in [3.05, 3.63) is 78.4 Å². The Kier molecular flexibility index (Phi) is 3.71.